The largest absolute Gasteiger partial charge is 0.488 e. The Bertz CT molecular complexity index is 785. The number of hydrogen-bond acceptors (Lipinski definition) is 5. The van der Waals surface area contributed by atoms with Gasteiger partial charge in [0, 0.05) is 23.9 Å². The highest BCUT2D eigenvalue weighted by Crippen LogP contribution is 2.36. The van der Waals surface area contributed by atoms with Crippen molar-refractivity contribution in [2.75, 3.05) is 24.6 Å². The van der Waals surface area contributed by atoms with Gasteiger partial charge in [0.25, 0.3) is 5.91 Å². The van der Waals surface area contributed by atoms with Crippen molar-refractivity contribution < 1.29 is 18.7 Å². The van der Waals surface area contributed by atoms with Gasteiger partial charge in [-0.15, -0.1) is 0 Å². The summed E-state index contributed by atoms with van der Waals surface area (Å²) < 4.78 is 19.5. The fourth-order valence-corrected chi connectivity index (χ4v) is 3.45. The van der Waals surface area contributed by atoms with E-state index in [-0.39, 0.29) is 5.91 Å². The van der Waals surface area contributed by atoms with Crippen molar-refractivity contribution in [2.24, 2.45) is 5.73 Å². The zero-order valence-electron chi connectivity index (χ0n) is 13.6. The number of hydrogen-bond donors (Lipinski definition) is 2. The first-order valence-corrected chi connectivity index (χ1v) is 8.31. The molecule has 2 atom stereocenters. The van der Waals surface area contributed by atoms with Crippen LogP contribution in [0.5, 0.6) is 5.75 Å². The van der Waals surface area contributed by atoms with E-state index in [0.717, 1.165) is 12.0 Å². The average molecular weight is 346 g/mol. The number of ether oxygens (including phenoxy) is 1. The van der Waals surface area contributed by atoms with Crippen molar-refractivity contribution in [1.29, 1.82) is 0 Å². The van der Waals surface area contributed by atoms with Crippen LogP contribution in [-0.4, -0.2) is 54.1 Å². The molecule has 2 unspecified atom stereocenters. The van der Waals surface area contributed by atoms with Crippen LogP contribution in [0.4, 0.5) is 10.2 Å². The van der Waals surface area contributed by atoms with Crippen LogP contribution in [0.2, 0.25) is 0 Å². The summed E-state index contributed by atoms with van der Waals surface area (Å²) in [6, 6.07) is 1.17. The molecule has 3 heterocycles. The summed E-state index contributed by atoms with van der Waals surface area (Å²) in [4.78, 5) is 29.8. The van der Waals surface area contributed by atoms with Gasteiger partial charge < -0.3 is 25.3 Å². The third kappa shape index (κ3) is 2.62. The van der Waals surface area contributed by atoms with Crippen LogP contribution in [-0.2, 0) is 4.79 Å². The van der Waals surface area contributed by atoms with Crippen LogP contribution in [0.1, 0.15) is 23.3 Å². The van der Waals surface area contributed by atoms with Gasteiger partial charge in [-0.2, -0.15) is 0 Å². The number of allylic oxidation sites excluding steroid dienone is 1. The summed E-state index contributed by atoms with van der Waals surface area (Å²) in [6.45, 7) is 1.41. The van der Waals surface area contributed by atoms with Gasteiger partial charge >= 0.3 is 0 Å². The second-order valence-electron chi connectivity index (χ2n) is 6.35. The van der Waals surface area contributed by atoms with Gasteiger partial charge in [-0.3, -0.25) is 9.59 Å². The van der Waals surface area contributed by atoms with E-state index in [1.54, 1.807) is 18.2 Å². The molecule has 132 valence electrons. The fraction of sp³-hybridized carbons (Fsp3) is 0.412. The molecule has 0 bridgehead atoms. The molecule has 3 aliphatic rings. The number of nitrogens with zero attached hydrogens (tertiary/aromatic N) is 2. The predicted octanol–water partition coefficient (Wildman–Crippen LogP) is 1.10. The Kier molecular flexibility index (Phi) is 3.84. The molecule has 7 nitrogen and oxygen atoms in total. The first-order valence-electron chi connectivity index (χ1n) is 8.31. The minimum atomic E-state index is -1.24. The maximum Gasteiger partial charge on any atom is 0.272 e. The molecule has 3 N–H and O–H groups in total. The molecule has 1 aliphatic carbocycles. The monoisotopic (exact) mass is 346 g/mol. The van der Waals surface area contributed by atoms with Gasteiger partial charge in [0.15, 0.2) is 17.9 Å². The molecule has 8 heteroatoms. The van der Waals surface area contributed by atoms with Gasteiger partial charge in [0.2, 0.25) is 0 Å². The van der Waals surface area contributed by atoms with Gasteiger partial charge in [-0.25, -0.2) is 4.39 Å². The Balaban J connectivity index is 1.64. The van der Waals surface area contributed by atoms with E-state index in [1.807, 2.05) is 4.90 Å². The quantitative estimate of drug-likeness (QED) is 0.632. The minimum Gasteiger partial charge on any atom is -0.488 e. The molecule has 0 radical (unpaired) electrons. The Hall–Kier alpha value is -2.61. The minimum absolute atomic E-state index is 0.295. The number of fused-ring (bicyclic) bond motifs is 1. The van der Waals surface area contributed by atoms with E-state index in [9.17, 15) is 14.0 Å². The fourth-order valence-electron chi connectivity index (χ4n) is 3.45. The second kappa shape index (κ2) is 6.03. The number of anilines is 1. The van der Waals surface area contributed by atoms with E-state index in [4.69, 9.17) is 10.5 Å². The van der Waals surface area contributed by atoms with Gasteiger partial charge in [-0.05, 0) is 25.0 Å². The van der Waals surface area contributed by atoms with Crippen molar-refractivity contribution in [1.82, 2.24) is 9.88 Å². The highest BCUT2D eigenvalue weighted by molar-refractivity contribution is 5.94. The summed E-state index contributed by atoms with van der Waals surface area (Å²) in [5.74, 6) is 0.779. The summed E-state index contributed by atoms with van der Waals surface area (Å²) >= 11 is 0. The van der Waals surface area contributed by atoms with Crippen LogP contribution in [0, 0.1) is 0 Å². The van der Waals surface area contributed by atoms with Crippen LogP contribution in [0.25, 0.3) is 0 Å². The van der Waals surface area contributed by atoms with Crippen LogP contribution in [0.15, 0.2) is 29.5 Å². The summed E-state index contributed by atoms with van der Waals surface area (Å²) in [6.07, 6.45) is 4.07. The molecule has 25 heavy (non-hydrogen) atoms. The first-order chi connectivity index (χ1) is 12.1. The number of carbonyl (C=O) groups is 2. The zero-order chi connectivity index (χ0) is 17.6. The standard InChI is InChI=1S/C17H19FN4O3/c18-15-2-1-3-22(15)17(24)13-8-14-16(20-13)21(4-5-25-14)11-6-10(9-23)12(19)7-11/h6-9,12,15,20H,1-5,19H2. The van der Waals surface area contributed by atoms with Crippen molar-refractivity contribution in [3.63, 3.8) is 0 Å². The number of aromatic nitrogens is 1. The lowest BCUT2D eigenvalue weighted by Crippen LogP contribution is -2.33. The summed E-state index contributed by atoms with van der Waals surface area (Å²) in [5.41, 5.74) is 7.49. The molecule has 0 saturated carbocycles. The maximum absolute atomic E-state index is 13.8. The molecule has 0 spiro atoms. The lowest BCUT2D eigenvalue weighted by atomic mass is 10.2. The zero-order valence-corrected chi connectivity index (χ0v) is 13.6. The molecular weight excluding hydrogens is 327 g/mol. The average Bonchev–Trinajstić information content (AvgIpc) is 3.31. The van der Waals surface area contributed by atoms with E-state index in [0.29, 0.717) is 55.4 Å². The highest BCUT2D eigenvalue weighted by atomic mass is 19.1. The number of H-pyrrole nitrogens is 1. The Morgan fingerprint density at radius 2 is 2.28 bits per heavy atom. The van der Waals surface area contributed by atoms with Crippen molar-refractivity contribution >= 4 is 18.0 Å². The molecular formula is C17H19FN4O3. The molecule has 1 amide bonds. The number of halogens is 1. The Morgan fingerprint density at radius 1 is 1.44 bits per heavy atom. The number of likely N-dealkylation sites (tertiary alicyclic amines) is 1. The Labute approximate surface area is 143 Å². The SMILES string of the molecule is NC1C=C(N2CCOc3cc(C(=O)N4CCCC4F)[nH]c32)C=C1C=O. The van der Waals surface area contributed by atoms with Crippen LogP contribution < -0.4 is 15.4 Å². The number of alkyl halides is 1. The van der Waals surface area contributed by atoms with Crippen LogP contribution in [0.3, 0.4) is 0 Å². The number of nitrogens with one attached hydrogen (secondary N) is 1. The molecule has 1 saturated heterocycles. The smallest absolute Gasteiger partial charge is 0.272 e. The molecule has 1 aromatic heterocycles. The van der Waals surface area contributed by atoms with Gasteiger partial charge in [0.1, 0.15) is 18.6 Å². The number of nitrogens with two attached hydrogens (primary N) is 1. The number of carbonyl (C=O) groups excluding carboxylic acids is 2. The predicted molar refractivity (Wildman–Crippen MR) is 89.0 cm³/mol. The third-order valence-electron chi connectivity index (χ3n) is 4.77. The van der Waals surface area contributed by atoms with E-state index in [2.05, 4.69) is 4.98 Å². The van der Waals surface area contributed by atoms with E-state index in [1.165, 1.54) is 4.90 Å². The lowest BCUT2D eigenvalue weighted by molar-refractivity contribution is -0.105. The lowest BCUT2D eigenvalue weighted by Gasteiger charge is -2.28. The first kappa shape index (κ1) is 15.9. The van der Waals surface area contributed by atoms with E-state index >= 15 is 0 Å². The Morgan fingerprint density at radius 3 is 2.96 bits per heavy atom. The summed E-state index contributed by atoms with van der Waals surface area (Å²) in [7, 11) is 0. The number of amides is 1. The number of rotatable bonds is 3. The van der Waals surface area contributed by atoms with Crippen LogP contribution >= 0.6 is 0 Å². The normalized spacial score (nSPS) is 25.4. The summed E-state index contributed by atoms with van der Waals surface area (Å²) in [5, 5.41) is 0. The topological polar surface area (TPSA) is 91.7 Å². The number of aldehydes is 1. The van der Waals surface area contributed by atoms with E-state index < -0.39 is 12.3 Å². The molecule has 0 aromatic carbocycles. The second-order valence-corrected chi connectivity index (χ2v) is 6.35. The van der Waals surface area contributed by atoms with Gasteiger partial charge in [-0.1, -0.05) is 0 Å². The van der Waals surface area contributed by atoms with Crippen molar-refractivity contribution in [2.45, 2.75) is 25.2 Å². The molecule has 1 fully saturated rings. The molecule has 1 aromatic rings. The van der Waals surface area contributed by atoms with Gasteiger partial charge in [0.05, 0.1) is 12.6 Å². The van der Waals surface area contributed by atoms with Crippen molar-refractivity contribution in [3.8, 4) is 5.75 Å². The third-order valence-corrected chi connectivity index (χ3v) is 4.77. The highest BCUT2D eigenvalue weighted by Gasteiger charge is 2.33. The maximum atomic E-state index is 13.8. The number of aromatic amines is 1. The molecule has 2 aliphatic heterocycles. The molecule has 4 rings (SSSR count). The van der Waals surface area contributed by atoms with Crippen molar-refractivity contribution in [3.05, 3.63) is 35.2 Å².